The molecular weight excluding hydrogens is 462 g/mol. The number of hydrogen-bond donors (Lipinski definition) is 3. The van der Waals surface area contributed by atoms with Gasteiger partial charge in [0.15, 0.2) is 21.8 Å². The molecule has 1 fully saturated rings. The molecule has 3 N–H and O–H groups in total. The number of amides is 1. The number of carboxylic acid groups (broad SMARTS) is 1. The van der Waals surface area contributed by atoms with Crippen LogP contribution in [-0.2, 0) is 15.9 Å². The van der Waals surface area contributed by atoms with Crippen LogP contribution < -0.4 is 10.2 Å². The average Bonchev–Trinajstić information content (AvgIpc) is 3.38. The fourth-order valence-corrected chi connectivity index (χ4v) is 4.64. The maximum atomic E-state index is 12.6. The van der Waals surface area contributed by atoms with E-state index >= 15 is 0 Å². The smallest absolute Gasteiger partial charge is 0.356 e. The van der Waals surface area contributed by atoms with E-state index in [0.29, 0.717) is 36.8 Å². The van der Waals surface area contributed by atoms with Crippen molar-refractivity contribution < 1.29 is 29.0 Å². The number of aromatic carboxylic acids is 1. The van der Waals surface area contributed by atoms with Crippen LogP contribution in [0.15, 0.2) is 0 Å². The second kappa shape index (κ2) is 10.3. The van der Waals surface area contributed by atoms with Gasteiger partial charge in [0.25, 0.3) is 5.91 Å². The van der Waals surface area contributed by atoms with E-state index in [9.17, 15) is 19.5 Å². The molecule has 174 valence electrons. The van der Waals surface area contributed by atoms with Crippen LogP contribution in [0.5, 0.6) is 0 Å². The number of esters is 1. The molecule has 1 amide bonds. The fraction of sp³-hybridized carbons (Fsp3) is 0.526. The van der Waals surface area contributed by atoms with Gasteiger partial charge in [0.2, 0.25) is 0 Å². The van der Waals surface area contributed by atoms with Gasteiger partial charge in [0.05, 0.1) is 24.4 Å². The summed E-state index contributed by atoms with van der Waals surface area (Å²) in [5.74, 6) is -2.28. The van der Waals surface area contributed by atoms with Crippen LogP contribution in [0, 0.1) is 0 Å². The summed E-state index contributed by atoms with van der Waals surface area (Å²) < 4.78 is 10.5. The van der Waals surface area contributed by atoms with Crippen LogP contribution in [0.3, 0.4) is 0 Å². The molecule has 3 rings (SSSR count). The Morgan fingerprint density at radius 3 is 2.69 bits per heavy atom. The Balaban J connectivity index is 1.72. The Hall–Kier alpha value is -2.70. The predicted molar refractivity (Wildman–Crippen MR) is 117 cm³/mol. The van der Waals surface area contributed by atoms with Crippen molar-refractivity contribution in [3.8, 4) is 0 Å². The highest BCUT2D eigenvalue weighted by Gasteiger charge is 2.34. The Kier molecular flexibility index (Phi) is 7.69. The number of hydrogen-bond acceptors (Lipinski definition) is 9. The number of H-pyrrole nitrogens is 1. The van der Waals surface area contributed by atoms with E-state index in [2.05, 4.69) is 20.3 Å². The van der Waals surface area contributed by atoms with Crippen molar-refractivity contribution in [1.29, 1.82) is 0 Å². The molecule has 0 aromatic carbocycles. The van der Waals surface area contributed by atoms with Gasteiger partial charge in [-0.15, -0.1) is 0 Å². The molecule has 1 aliphatic rings. The first-order chi connectivity index (χ1) is 15.3. The Labute approximate surface area is 193 Å². The highest BCUT2D eigenvalue weighted by molar-refractivity contribution is 7.17. The summed E-state index contributed by atoms with van der Waals surface area (Å²) in [5.41, 5.74) is 0.347. The molecule has 2 aromatic heterocycles. The molecule has 2 atom stereocenters. The molecule has 0 aliphatic carbocycles. The zero-order valence-electron chi connectivity index (χ0n) is 17.8. The molecule has 0 bridgehead atoms. The highest BCUT2D eigenvalue weighted by Crippen LogP contribution is 2.30. The number of nitrogens with one attached hydrogen (secondary N) is 2. The number of rotatable bonds is 8. The van der Waals surface area contributed by atoms with Crippen LogP contribution in [-0.4, -0.2) is 76.9 Å². The minimum Gasteiger partial charge on any atom is -0.476 e. The van der Waals surface area contributed by atoms with Crippen LogP contribution >= 0.6 is 22.9 Å². The first kappa shape index (κ1) is 24.0. The number of ether oxygens (including phenoxy) is 2. The van der Waals surface area contributed by atoms with Gasteiger partial charge in [-0.1, -0.05) is 29.9 Å². The number of piperidine rings is 1. The van der Waals surface area contributed by atoms with Crippen molar-refractivity contribution in [2.45, 2.75) is 38.8 Å². The lowest BCUT2D eigenvalue weighted by atomic mass is 10.0. The van der Waals surface area contributed by atoms with E-state index in [1.807, 2.05) is 11.8 Å². The highest BCUT2D eigenvalue weighted by atomic mass is 35.5. The van der Waals surface area contributed by atoms with E-state index in [1.165, 1.54) is 7.11 Å². The van der Waals surface area contributed by atoms with E-state index in [-0.39, 0.29) is 40.1 Å². The van der Waals surface area contributed by atoms with Crippen LogP contribution in [0.2, 0.25) is 5.15 Å². The number of halogens is 1. The van der Waals surface area contributed by atoms with Gasteiger partial charge in [-0.2, -0.15) is 0 Å². The Bertz CT molecular complexity index is 1010. The summed E-state index contributed by atoms with van der Waals surface area (Å²) in [7, 11) is 1.53. The van der Waals surface area contributed by atoms with Crippen molar-refractivity contribution in [3.05, 3.63) is 27.2 Å². The second-order valence-electron chi connectivity index (χ2n) is 7.00. The third kappa shape index (κ3) is 5.03. The number of aromatic amines is 1. The van der Waals surface area contributed by atoms with E-state index in [0.717, 1.165) is 11.3 Å². The molecule has 0 radical (unpaired) electrons. The normalized spacial score (nSPS) is 18.4. The lowest BCUT2D eigenvalue weighted by Crippen LogP contribution is -2.55. The molecule has 32 heavy (non-hydrogen) atoms. The zero-order valence-corrected chi connectivity index (χ0v) is 19.4. The van der Waals surface area contributed by atoms with Crippen molar-refractivity contribution in [2.75, 3.05) is 31.7 Å². The van der Waals surface area contributed by atoms with Crippen LogP contribution in [0.25, 0.3) is 0 Å². The minimum absolute atomic E-state index is 0.0554. The number of nitrogens with zero attached hydrogens (tertiary/aromatic N) is 3. The Morgan fingerprint density at radius 2 is 2.09 bits per heavy atom. The minimum atomic E-state index is -1.30. The fourth-order valence-electron chi connectivity index (χ4n) is 3.38. The molecular formula is C19H24ClN5O6S. The summed E-state index contributed by atoms with van der Waals surface area (Å²) >= 11 is 6.98. The summed E-state index contributed by atoms with van der Waals surface area (Å²) in [6, 6.07) is -0.305. The van der Waals surface area contributed by atoms with Crippen molar-refractivity contribution in [3.63, 3.8) is 0 Å². The lowest BCUT2D eigenvalue weighted by Gasteiger charge is -2.37. The maximum Gasteiger partial charge on any atom is 0.356 e. The van der Waals surface area contributed by atoms with Crippen molar-refractivity contribution in [1.82, 2.24) is 20.3 Å². The number of thiazole rings is 1. The van der Waals surface area contributed by atoms with Crippen LogP contribution in [0.1, 0.15) is 56.7 Å². The summed E-state index contributed by atoms with van der Waals surface area (Å²) in [6.07, 6.45) is 0.737. The molecule has 3 heterocycles. The molecule has 1 saturated heterocycles. The van der Waals surface area contributed by atoms with Gasteiger partial charge >= 0.3 is 11.9 Å². The first-order valence-corrected chi connectivity index (χ1v) is 11.2. The molecule has 11 nitrogen and oxygen atoms in total. The molecule has 0 spiro atoms. The van der Waals surface area contributed by atoms with Crippen molar-refractivity contribution >= 4 is 45.9 Å². The number of carbonyl (C=O) groups excluding carboxylic acids is 2. The topological polar surface area (TPSA) is 147 Å². The van der Waals surface area contributed by atoms with Gasteiger partial charge in [-0.05, 0) is 19.8 Å². The number of carboxylic acids is 1. The quantitative estimate of drug-likeness (QED) is 0.477. The van der Waals surface area contributed by atoms with E-state index in [4.69, 9.17) is 21.1 Å². The maximum absolute atomic E-state index is 12.6. The number of methoxy groups -OCH3 is 1. The SMILES string of the molecule is CCOC(=O)c1sc(N2CC[C@H](NC(=O)c3nc(Cl)c(CC)[nH]3)[C@H](OC)C2)nc1C(=O)O. The number of imidazole rings is 1. The van der Waals surface area contributed by atoms with Crippen LogP contribution in [0.4, 0.5) is 5.13 Å². The third-order valence-corrected chi connectivity index (χ3v) is 6.43. The van der Waals surface area contributed by atoms with Crippen molar-refractivity contribution in [2.24, 2.45) is 0 Å². The number of aromatic nitrogens is 3. The van der Waals surface area contributed by atoms with Gasteiger partial charge < -0.3 is 29.8 Å². The number of carbonyl (C=O) groups is 3. The zero-order chi connectivity index (χ0) is 23.4. The lowest BCUT2D eigenvalue weighted by molar-refractivity contribution is 0.0519. The van der Waals surface area contributed by atoms with Gasteiger partial charge in [-0.3, -0.25) is 4.79 Å². The number of aryl methyl sites for hydroxylation is 1. The molecule has 13 heteroatoms. The van der Waals surface area contributed by atoms with Gasteiger partial charge in [0, 0.05) is 20.2 Å². The Morgan fingerprint density at radius 1 is 1.34 bits per heavy atom. The third-order valence-electron chi connectivity index (χ3n) is 5.03. The molecule has 0 saturated carbocycles. The average molecular weight is 486 g/mol. The van der Waals surface area contributed by atoms with Gasteiger partial charge in [0.1, 0.15) is 4.88 Å². The largest absolute Gasteiger partial charge is 0.476 e. The summed E-state index contributed by atoms with van der Waals surface area (Å²) in [4.78, 5) is 49.1. The summed E-state index contributed by atoms with van der Waals surface area (Å²) in [5, 5.41) is 13.0. The molecule has 0 unspecified atom stereocenters. The first-order valence-electron chi connectivity index (χ1n) is 10.0. The molecule has 1 aliphatic heterocycles. The van der Waals surface area contributed by atoms with E-state index < -0.39 is 18.0 Å². The predicted octanol–water partition coefficient (Wildman–Crippen LogP) is 1.98. The number of anilines is 1. The standard InChI is InChI=1S/C19H24ClN5O6S/c1-4-9-14(20)24-15(21-9)16(26)22-10-6-7-25(8-11(10)30-3)19-23-12(17(27)28)13(32-19)18(29)31-5-2/h10-11H,4-8H2,1-3H3,(H,21,24)(H,22,26)(H,27,28)/t10-,11+/m0/s1. The van der Waals surface area contributed by atoms with E-state index in [1.54, 1.807) is 6.92 Å². The monoisotopic (exact) mass is 485 g/mol. The molecule has 2 aromatic rings. The summed E-state index contributed by atoms with van der Waals surface area (Å²) in [6.45, 7) is 4.48. The van der Waals surface area contributed by atoms with Gasteiger partial charge in [-0.25, -0.2) is 19.6 Å². The second-order valence-corrected chi connectivity index (χ2v) is 8.33.